The molecule has 0 rings (SSSR count). The predicted octanol–water partition coefficient (Wildman–Crippen LogP) is 1.79. The van der Waals surface area contributed by atoms with Gasteiger partial charge in [0.15, 0.2) is 0 Å². The summed E-state index contributed by atoms with van der Waals surface area (Å²) < 4.78 is 0. The maximum atomic E-state index is 11.6. The molecule has 0 aliphatic rings. The third-order valence-electron chi connectivity index (χ3n) is 2.75. The molecule has 0 heterocycles. The van der Waals surface area contributed by atoms with Crippen molar-refractivity contribution < 1.29 is 14.7 Å². The fourth-order valence-electron chi connectivity index (χ4n) is 1.25. The van der Waals surface area contributed by atoms with Gasteiger partial charge in [0.05, 0.1) is 0 Å². The molecular formula is C11H21NO3. The Balaban J connectivity index is 4.43. The van der Waals surface area contributed by atoms with Gasteiger partial charge in [0.1, 0.15) is 5.54 Å². The van der Waals surface area contributed by atoms with Gasteiger partial charge in [-0.2, -0.15) is 0 Å². The molecular weight excluding hydrogens is 194 g/mol. The highest BCUT2D eigenvalue weighted by Crippen LogP contribution is 2.12. The lowest BCUT2D eigenvalue weighted by atomic mass is 9.96. The summed E-state index contributed by atoms with van der Waals surface area (Å²) in [6.45, 7) is 7.10. The highest BCUT2D eigenvalue weighted by Gasteiger charge is 2.33. The van der Waals surface area contributed by atoms with Crippen LogP contribution >= 0.6 is 0 Å². The van der Waals surface area contributed by atoms with Crippen molar-refractivity contribution >= 4 is 11.9 Å². The van der Waals surface area contributed by atoms with Crippen molar-refractivity contribution in [2.45, 2.75) is 52.5 Å². The third kappa shape index (κ3) is 3.90. The summed E-state index contributed by atoms with van der Waals surface area (Å²) in [5, 5.41) is 11.6. The molecule has 0 aromatic carbocycles. The summed E-state index contributed by atoms with van der Waals surface area (Å²) in [6.07, 6.45) is 2.09. The minimum atomic E-state index is -1.14. The van der Waals surface area contributed by atoms with E-state index in [4.69, 9.17) is 5.11 Å². The fourth-order valence-corrected chi connectivity index (χ4v) is 1.25. The average molecular weight is 215 g/mol. The molecule has 0 aromatic rings. The van der Waals surface area contributed by atoms with E-state index in [-0.39, 0.29) is 11.8 Å². The lowest BCUT2D eigenvalue weighted by molar-refractivity contribution is -0.147. The molecule has 4 heteroatoms. The smallest absolute Gasteiger partial charge is 0.329 e. The molecule has 2 unspecified atom stereocenters. The molecule has 15 heavy (non-hydrogen) atoms. The molecule has 1 amide bonds. The standard InChI is InChI=1S/C11H21NO3/c1-5-7-8(3)9(13)12-11(4,6-2)10(14)15/h8H,5-7H2,1-4H3,(H,12,13)(H,14,15). The highest BCUT2D eigenvalue weighted by atomic mass is 16.4. The van der Waals surface area contributed by atoms with E-state index >= 15 is 0 Å². The number of amides is 1. The van der Waals surface area contributed by atoms with Crippen molar-refractivity contribution in [3.05, 3.63) is 0 Å². The Labute approximate surface area is 91.1 Å². The van der Waals surface area contributed by atoms with Gasteiger partial charge in [-0.25, -0.2) is 4.79 Å². The van der Waals surface area contributed by atoms with Gasteiger partial charge in [0, 0.05) is 5.92 Å². The molecule has 0 aromatic heterocycles. The minimum Gasteiger partial charge on any atom is -0.480 e. The second-order valence-electron chi connectivity index (χ2n) is 4.17. The van der Waals surface area contributed by atoms with Crippen LogP contribution in [0.2, 0.25) is 0 Å². The maximum Gasteiger partial charge on any atom is 0.329 e. The Hall–Kier alpha value is -1.06. The topological polar surface area (TPSA) is 66.4 Å². The number of hydrogen-bond donors (Lipinski definition) is 2. The van der Waals surface area contributed by atoms with Crippen LogP contribution in [-0.2, 0) is 9.59 Å². The number of nitrogens with one attached hydrogen (secondary N) is 1. The SMILES string of the molecule is CCCC(C)C(=O)NC(C)(CC)C(=O)O. The van der Waals surface area contributed by atoms with Gasteiger partial charge >= 0.3 is 5.97 Å². The molecule has 4 nitrogen and oxygen atoms in total. The number of carbonyl (C=O) groups excluding carboxylic acids is 1. The molecule has 2 N–H and O–H groups in total. The summed E-state index contributed by atoms with van der Waals surface area (Å²) in [7, 11) is 0. The quantitative estimate of drug-likeness (QED) is 0.710. The van der Waals surface area contributed by atoms with Crippen molar-refractivity contribution in [2.24, 2.45) is 5.92 Å². The molecule has 0 spiro atoms. The van der Waals surface area contributed by atoms with E-state index in [9.17, 15) is 9.59 Å². The van der Waals surface area contributed by atoms with Gasteiger partial charge in [-0.05, 0) is 19.8 Å². The van der Waals surface area contributed by atoms with Crippen LogP contribution in [0.4, 0.5) is 0 Å². The maximum absolute atomic E-state index is 11.6. The molecule has 2 atom stereocenters. The fraction of sp³-hybridized carbons (Fsp3) is 0.818. The number of aliphatic carboxylic acids is 1. The number of hydrogen-bond acceptors (Lipinski definition) is 2. The second kappa shape index (κ2) is 5.73. The first kappa shape index (κ1) is 13.9. The molecule has 0 bridgehead atoms. The Kier molecular flexibility index (Phi) is 5.33. The van der Waals surface area contributed by atoms with Crippen molar-refractivity contribution in [3.8, 4) is 0 Å². The predicted molar refractivity (Wildman–Crippen MR) is 58.5 cm³/mol. The summed E-state index contributed by atoms with van der Waals surface area (Å²) in [5.74, 6) is -1.29. The molecule has 0 aliphatic carbocycles. The van der Waals surface area contributed by atoms with Crippen LogP contribution in [0.25, 0.3) is 0 Å². The van der Waals surface area contributed by atoms with Gasteiger partial charge in [-0.3, -0.25) is 4.79 Å². The lowest BCUT2D eigenvalue weighted by Crippen LogP contribution is -2.53. The van der Waals surface area contributed by atoms with Gasteiger partial charge in [0.2, 0.25) is 5.91 Å². The summed E-state index contributed by atoms with van der Waals surface area (Å²) in [5.41, 5.74) is -1.14. The normalized spacial score (nSPS) is 16.5. The van der Waals surface area contributed by atoms with E-state index < -0.39 is 11.5 Å². The minimum absolute atomic E-state index is 0.125. The van der Waals surface area contributed by atoms with Crippen molar-refractivity contribution in [2.75, 3.05) is 0 Å². The van der Waals surface area contributed by atoms with Crippen LogP contribution in [0.1, 0.15) is 47.0 Å². The van der Waals surface area contributed by atoms with Crippen LogP contribution in [0.3, 0.4) is 0 Å². The Morgan fingerprint density at radius 2 is 1.93 bits per heavy atom. The van der Waals surface area contributed by atoms with Crippen LogP contribution in [0, 0.1) is 5.92 Å². The van der Waals surface area contributed by atoms with Crippen LogP contribution in [0.5, 0.6) is 0 Å². The number of carboxylic acid groups (broad SMARTS) is 1. The molecule has 0 aliphatic heterocycles. The first-order valence-electron chi connectivity index (χ1n) is 5.42. The highest BCUT2D eigenvalue weighted by molar-refractivity contribution is 5.87. The lowest BCUT2D eigenvalue weighted by Gasteiger charge is -2.26. The molecule has 0 saturated carbocycles. The zero-order valence-corrected chi connectivity index (χ0v) is 9.96. The van der Waals surface area contributed by atoms with E-state index in [1.807, 2.05) is 13.8 Å². The van der Waals surface area contributed by atoms with E-state index in [2.05, 4.69) is 5.32 Å². The molecule has 88 valence electrons. The molecule has 0 saturated heterocycles. The average Bonchev–Trinajstić information content (AvgIpc) is 2.17. The number of rotatable bonds is 6. The zero-order valence-electron chi connectivity index (χ0n) is 9.96. The van der Waals surface area contributed by atoms with Crippen LogP contribution in [-0.4, -0.2) is 22.5 Å². The van der Waals surface area contributed by atoms with Crippen molar-refractivity contribution in [3.63, 3.8) is 0 Å². The number of carbonyl (C=O) groups is 2. The Bertz CT molecular complexity index is 240. The van der Waals surface area contributed by atoms with Crippen LogP contribution in [0.15, 0.2) is 0 Å². The summed E-state index contributed by atoms with van der Waals surface area (Å²) in [6, 6.07) is 0. The second-order valence-corrected chi connectivity index (χ2v) is 4.17. The van der Waals surface area contributed by atoms with Crippen molar-refractivity contribution in [1.82, 2.24) is 5.32 Å². The summed E-state index contributed by atoms with van der Waals surface area (Å²) in [4.78, 5) is 22.6. The third-order valence-corrected chi connectivity index (χ3v) is 2.75. The largest absolute Gasteiger partial charge is 0.480 e. The molecule has 0 radical (unpaired) electrons. The van der Waals surface area contributed by atoms with E-state index in [0.29, 0.717) is 6.42 Å². The van der Waals surface area contributed by atoms with E-state index in [1.54, 1.807) is 6.92 Å². The van der Waals surface area contributed by atoms with Gasteiger partial charge in [0.25, 0.3) is 0 Å². The van der Waals surface area contributed by atoms with Gasteiger partial charge in [-0.1, -0.05) is 27.2 Å². The molecule has 0 fully saturated rings. The summed E-state index contributed by atoms with van der Waals surface area (Å²) >= 11 is 0. The first-order valence-corrected chi connectivity index (χ1v) is 5.42. The van der Waals surface area contributed by atoms with E-state index in [0.717, 1.165) is 12.8 Å². The first-order chi connectivity index (χ1) is 6.87. The Morgan fingerprint density at radius 3 is 2.27 bits per heavy atom. The van der Waals surface area contributed by atoms with Gasteiger partial charge < -0.3 is 10.4 Å². The Morgan fingerprint density at radius 1 is 1.40 bits per heavy atom. The van der Waals surface area contributed by atoms with E-state index in [1.165, 1.54) is 6.92 Å². The van der Waals surface area contributed by atoms with Crippen molar-refractivity contribution in [1.29, 1.82) is 0 Å². The zero-order chi connectivity index (χ0) is 12.1. The van der Waals surface area contributed by atoms with Crippen LogP contribution < -0.4 is 5.32 Å². The monoisotopic (exact) mass is 215 g/mol. The number of carboxylic acids is 1. The van der Waals surface area contributed by atoms with Gasteiger partial charge in [-0.15, -0.1) is 0 Å².